The predicted octanol–water partition coefficient (Wildman–Crippen LogP) is 2.86. The van der Waals surface area contributed by atoms with Crippen LogP contribution in [0.4, 0.5) is 5.95 Å². The maximum Gasteiger partial charge on any atom is 0.231 e. The van der Waals surface area contributed by atoms with Gasteiger partial charge in [0, 0.05) is 32.4 Å². The Balaban J connectivity index is 1.50. The molecule has 25 heavy (non-hydrogen) atoms. The summed E-state index contributed by atoms with van der Waals surface area (Å²) in [6.45, 7) is 5.68. The van der Waals surface area contributed by atoms with E-state index in [9.17, 15) is 4.79 Å². The fourth-order valence-electron chi connectivity index (χ4n) is 3.93. The van der Waals surface area contributed by atoms with Gasteiger partial charge in [0.25, 0.3) is 0 Å². The first-order valence-electron chi connectivity index (χ1n) is 9.16. The van der Waals surface area contributed by atoms with Crippen LogP contribution in [0.5, 0.6) is 0 Å². The van der Waals surface area contributed by atoms with Crippen LogP contribution in [-0.2, 0) is 4.79 Å². The zero-order valence-corrected chi connectivity index (χ0v) is 15.3. The van der Waals surface area contributed by atoms with E-state index in [-0.39, 0.29) is 5.92 Å². The highest BCUT2D eigenvalue weighted by molar-refractivity contribution is 6.33. The van der Waals surface area contributed by atoms with Crippen molar-refractivity contribution in [1.82, 2.24) is 19.5 Å². The second-order valence-electron chi connectivity index (χ2n) is 7.34. The SMILES string of the molecule is CC1CCN(C(=O)C2CCCN(c3nnc4c(Cl)cccn34)C2)CC1. The molecule has 2 aliphatic heterocycles. The van der Waals surface area contributed by atoms with Gasteiger partial charge in [-0.3, -0.25) is 9.20 Å². The van der Waals surface area contributed by atoms with Gasteiger partial charge in [-0.2, -0.15) is 0 Å². The maximum absolute atomic E-state index is 12.9. The number of amides is 1. The number of fused-ring (bicyclic) bond motifs is 1. The van der Waals surface area contributed by atoms with Crippen molar-refractivity contribution in [3.63, 3.8) is 0 Å². The lowest BCUT2D eigenvalue weighted by molar-refractivity contribution is -0.137. The van der Waals surface area contributed by atoms with Crippen molar-refractivity contribution in [1.29, 1.82) is 0 Å². The summed E-state index contributed by atoms with van der Waals surface area (Å²) < 4.78 is 1.91. The minimum atomic E-state index is 0.0497. The van der Waals surface area contributed by atoms with Gasteiger partial charge >= 0.3 is 0 Å². The number of hydrogen-bond donors (Lipinski definition) is 0. The van der Waals surface area contributed by atoms with E-state index >= 15 is 0 Å². The van der Waals surface area contributed by atoms with E-state index in [0.717, 1.165) is 57.2 Å². The van der Waals surface area contributed by atoms with Crippen molar-refractivity contribution in [3.8, 4) is 0 Å². The van der Waals surface area contributed by atoms with Gasteiger partial charge in [-0.05, 0) is 43.7 Å². The summed E-state index contributed by atoms with van der Waals surface area (Å²) in [6, 6.07) is 3.71. The van der Waals surface area contributed by atoms with Crippen LogP contribution < -0.4 is 4.90 Å². The molecule has 1 atom stereocenters. The van der Waals surface area contributed by atoms with E-state index in [1.165, 1.54) is 0 Å². The molecule has 1 unspecified atom stereocenters. The van der Waals surface area contributed by atoms with Crippen LogP contribution in [0.15, 0.2) is 18.3 Å². The van der Waals surface area contributed by atoms with Crippen molar-refractivity contribution < 1.29 is 4.79 Å². The summed E-state index contributed by atoms with van der Waals surface area (Å²) in [7, 11) is 0. The van der Waals surface area contributed by atoms with Crippen molar-refractivity contribution in [2.24, 2.45) is 11.8 Å². The number of aromatic nitrogens is 3. The molecule has 0 radical (unpaired) electrons. The van der Waals surface area contributed by atoms with Gasteiger partial charge in [-0.15, -0.1) is 10.2 Å². The quantitative estimate of drug-likeness (QED) is 0.825. The van der Waals surface area contributed by atoms with Gasteiger partial charge in [0.2, 0.25) is 11.9 Å². The van der Waals surface area contributed by atoms with Crippen LogP contribution in [0.25, 0.3) is 5.65 Å². The van der Waals surface area contributed by atoms with Gasteiger partial charge in [0.15, 0.2) is 5.65 Å². The minimum Gasteiger partial charge on any atom is -0.342 e. The first kappa shape index (κ1) is 16.6. The fourth-order valence-corrected chi connectivity index (χ4v) is 4.14. The second-order valence-corrected chi connectivity index (χ2v) is 7.75. The summed E-state index contributed by atoms with van der Waals surface area (Å²) in [5, 5.41) is 9.12. The van der Waals surface area contributed by atoms with Crippen LogP contribution in [0, 0.1) is 11.8 Å². The van der Waals surface area contributed by atoms with Crippen LogP contribution >= 0.6 is 11.6 Å². The summed E-state index contributed by atoms with van der Waals surface area (Å²) in [6.07, 6.45) is 6.12. The second kappa shape index (κ2) is 6.83. The molecule has 2 aromatic rings. The molecule has 2 fully saturated rings. The minimum absolute atomic E-state index is 0.0497. The number of likely N-dealkylation sites (tertiary alicyclic amines) is 1. The first-order chi connectivity index (χ1) is 12.1. The number of pyridine rings is 1. The molecule has 6 nitrogen and oxygen atoms in total. The Morgan fingerprint density at radius 1 is 1.20 bits per heavy atom. The highest BCUT2D eigenvalue weighted by atomic mass is 35.5. The highest BCUT2D eigenvalue weighted by Gasteiger charge is 2.32. The summed E-state index contributed by atoms with van der Waals surface area (Å²) in [5.74, 6) is 1.87. The number of piperidine rings is 2. The molecular formula is C18H24ClN5O. The third-order valence-corrected chi connectivity index (χ3v) is 5.81. The third kappa shape index (κ3) is 3.19. The van der Waals surface area contributed by atoms with Crippen LogP contribution in [-0.4, -0.2) is 51.6 Å². The van der Waals surface area contributed by atoms with Gasteiger partial charge in [0.05, 0.1) is 10.9 Å². The molecule has 0 spiro atoms. The van der Waals surface area contributed by atoms with Crippen LogP contribution in [0.1, 0.15) is 32.6 Å². The average Bonchev–Trinajstić information content (AvgIpc) is 3.07. The topological polar surface area (TPSA) is 53.7 Å². The molecule has 0 N–H and O–H groups in total. The van der Waals surface area contributed by atoms with E-state index in [1.54, 1.807) is 0 Å². The molecule has 0 saturated carbocycles. The van der Waals surface area contributed by atoms with Gasteiger partial charge < -0.3 is 9.80 Å². The molecule has 2 aliphatic rings. The Bertz CT molecular complexity index is 768. The number of carbonyl (C=O) groups excluding carboxylic acids is 1. The van der Waals surface area contributed by atoms with Crippen molar-refractivity contribution in [2.75, 3.05) is 31.1 Å². The van der Waals surface area contributed by atoms with Crippen LogP contribution in [0.3, 0.4) is 0 Å². The summed E-state index contributed by atoms with van der Waals surface area (Å²) in [5.41, 5.74) is 0.664. The molecule has 2 aromatic heterocycles. The Morgan fingerprint density at radius 3 is 2.80 bits per heavy atom. The van der Waals surface area contributed by atoms with E-state index in [1.807, 2.05) is 22.7 Å². The molecule has 2 saturated heterocycles. The number of halogens is 1. The standard InChI is InChI=1S/C18H24ClN5O/c1-13-6-10-22(11-7-13)17(25)14-4-2-8-23(12-14)18-21-20-16-15(19)5-3-9-24(16)18/h3,5,9,13-14H,2,4,6-8,10-12H2,1H3. The Kier molecular flexibility index (Phi) is 4.54. The van der Waals surface area contributed by atoms with Gasteiger partial charge in [-0.25, -0.2) is 0 Å². The number of hydrogen-bond acceptors (Lipinski definition) is 4. The highest BCUT2D eigenvalue weighted by Crippen LogP contribution is 2.27. The van der Waals surface area contributed by atoms with Crippen molar-refractivity contribution in [2.45, 2.75) is 32.6 Å². The summed E-state index contributed by atoms with van der Waals surface area (Å²) >= 11 is 6.20. The van der Waals surface area contributed by atoms with E-state index in [4.69, 9.17) is 11.6 Å². The molecule has 4 heterocycles. The maximum atomic E-state index is 12.9. The Morgan fingerprint density at radius 2 is 2.00 bits per heavy atom. The fraction of sp³-hybridized carbons (Fsp3) is 0.611. The molecule has 0 bridgehead atoms. The third-order valence-electron chi connectivity index (χ3n) is 5.52. The van der Waals surface area contributed by atoms with Crippen molar-refractivity contribution >= 4 is 29.1 Å². The Labute approximate surface area is 152 Å². The molecule has 1 amide bonds. The lowest BCUT2D eigenvalue weighted by Gasteiger charge is -2.37. The molecule has 0 aromatic carbocycles. The number of rotatable bonds is 2. The largest absolute Gasteiger partial charge is 0.342 e. The smallest absolute Gasteiger partial charge is 0.231 e. The number of carbonyl (C=O) groups is 1. The van der Waals surface area contributed by atoms with E-state index in [2.05, 4.69) is 26.9 Å². The van der Waals surface area contributed by atoms with Gasteiger partial charge in [0.1, 0.15) is 0 Å². The monoisotopic (exact) mass is 361 g/mol. The normalized spacial score (nSPS) is 22.6. The van der Waals surface area contributed by atoms with E-state index < -0.39 is 0 Å². The molecule has 7 heteroatoms. The molecule has 134 valence electrons. The molecule has 0 aliphatic carbocycles. The van der Waals surface area contributed by atoms with Crippen LogP contribution in [0.2, 0.25) is 5.02 Å². The number of anilines is 1. The van der Waals surface area contributed by atoms with Gasteiger partial charge in [-0.1, -0.05) is 18.5 Å². The molecular weight excluding hydrogens is 338 g/mol. The molecule has 4 rings (SSSR count). The first-order valence-corrected chi connectivity index (χ1v) is 9.54. The predicted molar refractivity (Wildman–Crippen MR) is 97.9 cm³/mol. The average molecular weight is 362 g/mol. The van der Waals surface area contributed by atoms with Crippen molar-refractivity contribution in [3.05, 3.63) is 23.4 Å². The zero-order valence-electron chi connectivity index (χ0n) is 14.6. The van der Waals surface area contributed by atoms with E-state index in [0.29, 0.717) is 23.1 Å². The number of nitrogens with zero attached hydrogens (tertiary/aromatic N) is 5. The zero-order chi connectivity index (χ0) is 17.4. The lowest BCUT2D eigenvalue weighted by Crippen LogP contribution is -2.47. The Hall–Kier alpha value is -1.82. The summed E-state index contributed by atoms with van der Waals surface area (Å²) in [4.78, 5) is 17.2. The lowest BCUT2D eigenvalue weighted by atomic mass is 9.93.